The van der Waals surface area contributed by atoms with Gasteiger partial charge in [-0.1, -0.05) is 17.7 Å². The average molecular weight is 298 g/mol. The molecule has 2 aromatic rings. The molecule has 1 spiro atoms. The second-order valence-electron chi connectivity index (χ2n) is 5.71. The van der Waals surface area contributed by atoms with Crippen LogP contribution in [0.1, 0.15) is 16.7 Å². The van der Waals surface area contributed by atoms with E-state index in [1.165, 1.54) is 5.56 Å². The minimum atomic E-state index is -0.347. The quantitative estimate of drug-likeness (QED) is 0.743. The van der Waals surface area contributed by atoms with E-state index in [1.54, 1.807) is 0 Å². The number of fused-ring (bicyclic) bond motifs is 5. The fraction of sp³-hybridized carbons (Fsp3) is 0.235. The van der Waals surface area contributed by atoms with E-state index >= 15 is 0 Å². The molecular formula is C17H12ClNO2. The lowest BCUT2D eigenvalue weighted by Crippen LogP contribution is -2.29. The molecule has 0 N–H and O–H groups in total. The van der Waals surface area contributed by atoms with Gasteiger partial charge in [0.15, 0.2) is 0 Å². The summed E-state index contributed by atoms with van der Waals surface area (Å²) in [6.45, 7) is 1.29. The van der Waals surface area contributed by atoms with E-state index in [-0.39, 0.29) is 5.41 Å². The van der Waals surface area contributed by atoms with Crippen molar-refractivity contribution < 1.29 is 9.47 Å². The number of rotatable bonds is 0. The Balaban J connectivity index is 1.78. The van der Waals surface area contributed by atoms with Crippen molar-refractivity contribution >= 4 is 23.5 Å². The topological polar surface area (TPSA) is 30.8 Å². The Morgan fingerprint density at radius 1 is 1.14 bits per heavy atom. The average Bonchev–Trinajstić information content (AvgIpc) is 3.17. The first-order valence-electron chi connectivity index (χ1n) is 7.05. The maximum atomic E-state index is 6.46. The SMILES string of the molecule is Clc1cccc2c1C1(C=N2)COc2cc3c(cc21)CCO3. The van der Waals surface area contributed by atoms with Gasteiger partial charge in [0.25, 0.3) is 0 Å². The van der Waals surface area contributed by atoms with Gasteiger partial charge in [0.1, 0.15) is 18.1 Å². The van der Waals surface area contributed by atoms with Gasteiger partial charge in [-0.25, -0.2) is 0 Å². The van der Waals surface area contributed by atoms with Crippen molar-refractivity contribution in [2.75, 3.05) is 13.2 Å². The fourth-order valence-electron chi connectivity index (χ4n) is 3.56. The lowest BCUT2D eigenvalue weighted by molar-refractivity contribution is 0.323. The van der Waals surface area contributed by atoms with Crippen LogP contribution >= 0.6 is 11.6 Å². The molecule has 5 rings (SSSR count). The van der Waals surface area contributed by atoms with Crippen molar-refractivity contribution in [1.29, 1.82) is 0 Å². The van der Waals surface area contributed by atoms with Crippen LogP contribution in [0.4, 0.5) is 5.69 Å². The zero-order valence-corrected chi connectivity index (χ0v) is 12.0. The monoisotopic (exact) mass is 297 g/mol. The van der Waals surface area contributed by atoms with E-state index in [2.05, 4.69) is 11.1 Å². The molecule has 4 heteroatoms. The fourth-order valence-corrected chi connectivity index (χ4v) is 3.90. The van der Waals surface area contributed by atoms with Crippen molar-refractivity contribution in [2.45, 2.75) is 11.8 Å². The molecule has 3 nitrogen and oxygen atoms in total. The molecule has 3 heterocycles. The van der Waals surface area contributed by atoms with Gasteiger partial charge in [-0.3, -0.25) is 4.99 Å². The van der Waals surface area contributed by atoms with Gasteiger partial charge in [-0.15, -0.1) is 0 Å². The molecule has 21 heavy (non-hydrogen) atoms. The minimum Gasteiger partial charge on any atom is -0.493 e. The normalized spacial score (nSPS) is 23.7. The minimum absolute atomic E-state index is 0.347. The number of halogens is 1. The number of hydrogen-bond acceptors (Lipinski definition) is 3. The van der Waals surface area contributed by atoms with Crippen LogP contribution in [0.3, 0.4) is 0 Å². The first-order valence-corrected chi connectivity index (χ1v) is 7.43. The Morgan fingerprint density at radius 2 is 2.10 bits per heavy atom. The van der Waals surface area contributed by atoms with Gasteiger partial charge < -0.3 is 9.47 Å². The highest BCUT2D eigenvalue weighted by molar-refractivity contribution is 6.32. The smallest absolute Gasteiger partial charge is 0.127 e. The summed E-state index contributed by atoms with van der Waals surface area (Å²) in [6, 6.07) is 10.1. The van der Waals surface area contributed by atoms with Crippen molar-refractivity contribution in [3.63, 3.8) is 0 Å². The number of hydrogen-bond donors (Lipinski definition) is 0. The zero-order chi connectivity index (χ0) is 14.0. The van der Waals surface area contributed by atoms with Crippen molar-refractivity contribution in [3.05, 3.63) is 52.0 Å². The Hall–Kier alpha value is -2.00. The first-order chi connectivity index (χ1) is 10.3. The highest BCUT2D eigenvalue weighted by Gasteiger charge is 2.47. The Labute approximate surface area is 127 Å². The van der Waals surface area contributed by atoms with Gasteiger partial charge >= 0.3 is 0 Å². The summed E-state index contributed by atoms with van der Waals surface area (Å²) in [6.07, 6.45) is 2.93. The zero-order valence-electron chi connectivity index (χ0n) is 11.2. The molecule has 104 valence electrons. The summed E-state index contributed by atoms with van der Waals surface area (Å²) < 4.78 is 11.6. The molecule has 0 amide bonds. The number of nitrogens with zero attached hydrogens (tertiary/aromatic N) is 1. The lowest BCUT2D eigenvalue weighted by atomic mass is 9.77. The molecule has 1 atom stereocenters. The van der Waals surface area contributed by atoms with Gasteiger partial charge in [0.05, 0.1) is 17.7 Å². The van der Waals surface area contributed by atoms with Gasteiger partial charge in [-0.2, -0.15) is 0 Å². The molecule has 0 saturated heterocycles. The Kier molecular flexibility index (Phi) is 2.11. The summed E-state index contributed by atoms with van der Waals surface area (Å²) in [4.78, 5) is 4.57. The standard InChI is InChI=1S/C17H12ClNO2/c18-12-2-1-3-13-16(12)17(8-19-13)9-21-15-7-14-10(4-5-20-14)6-11(15)17/h1-3,6-8H,4-5,9H2. The van der Waals surface area contributed by atoms with Gasteiger partial charge in [0, 0.05) is 34.9 Å². The molecule has 3 aliphatic rings. The molecule has 0 fully saturated rings. The van der Waals surface area contributed by atoms with Crippen LogP contribution in [0, 0.1) is 0 Å². The highest BCUT2D eigenvalue weighted by atomic mass is 35.5. The third-order valence-electron chi connectivity index (χ3n) is 4.59. The predicted molar refractivity (Wildman–Crippen MR) is 81.5 cm³/mol. The highest BCUT2D eigenvalue weighted by Crippen LogP contribution is 2.52. The van der Waals surface area contributed by atoms with Crippen LogP contribution in [-0.4, -0.2) is 19.4 Å². The first kappa shape index (κ1) is 11.6. The molecule has 0 bridgehead atoms. The molecule has 0 aromatic heterocycles. The maximum Gasteiger partial charge on any atom is 0.127 e. The van der Waals surface area contributed by atoms with Crippen LogP contribution < -0.4 is 9.47 Å². The van der Waals surface area contributed by atoms with Crippen LogP contribution in [0.15, 0.2) is 35.3 Å². The molecular weight excluding hydrogens is 286 g/mol. The maximum absolute atomic E-state index is 6.46. The molecule has 3 aliphatic heterocycles. The molecule has 1 unspecified atom stereocenters. The van der Waals surface area contributed by atoms with E-state index in [0.717, 1.165) is 46.4 Å². The summed E-state index contributed by atoms with van der Waals surface area (Å²) in [5, 5.41) is 0.748. The Bertz CT molecular complexity index is 815. The van der Waals surface area contributed by atoms with E-state index in [9.17, 15) is 0 Å². The Morgan fingerprint density at radius 3 is 3.05 bits per heavy atom. The summed E-state index contributed by atoms with van der Waals surface area (Å²) in [5.41, 5.74) is 4.05. The second-order valence-corrected chi connectivity index (χ2v) is 6.11. The van der Waals surface area contributed by atoms with E-state index in [4.69, 9.17) is 21.1 Å². The number of aliphatic imine (C=N–C) groups is 1. The van der Waals surface area contributed by atoms with E-state index < -0.39 is 0 Å². The number of benzene rings is 2. The summed E-state index contributed by atoms with van der Waals surface area (Å²) >= 11 is 6.46. The van der Waals surface area contributed by atoms with Crippen LogP contribution in [0.5, 0.6) is 11.5 Å². The molecule has 2 aromatic carbocycles. The summed E-state index contributed by atoms with van der Waals surface area (Å²) in [7, 11) is 0. The third kappa shape index (κ3) is 1.37. The lowest BCUT2D eigenvalue weighted by Gasteiger charge is -2.22. The van der Waals surface area contributed by atoms with Crippen molar-refractivity contribution in [2.24, 2.45) is 4.99 Å². The molecule has 0 saturated carbocycles. The van der Waals surface area contributed by atoms with Crippen LogP contribution in [-0.2, 0) is 11.8 Å². The van der Waals surface area contributed by atoms with E-state index in [1.807, 2.05) is 30.5 Å². The van der Waals surface area contributed by atoms with E-state index in [0.29, 0.717) is 6.61 Å². The van der Waals surface area contributed by atoms with Gasteiger partial charge in [0.2, 0.25) is 0 Å². The molecule has 0 aliphatic carbocycles. The summed E-state index contributed by atoms with van der Waals surface area (Å²) in [5.74, 6) is 1.83. The van der Waals surface area contributed by atoms with Crippen molar-refractivity contribution in [3.8, 4) is 11.5 Å². The largest absolute Gasteiger partial charge is 0.493 e. The molecule has 0 radical (unpaired) electrons. The van der Waals surface area contributed by atoms with Crippen molar-refractivity contribution in [1.82, 2.24) is 0 Å². The van der Waals surface area contributed by atoms with Crippen LogP contribution in [0.2, 0.25) is 5.02 Å². The third-order valence-corrected chi connectivity index (χ3v) is 4.90. The second kappa shape index (κ2) is 3.80. The predicted octanol–water partition coefficient (Wildman–Crippen LogP) is 3.67. The van der Waals surface area contributed by atoms with Gasteiger partial charge in [-0.05, 0) is 23.8 Å². The van der Waals surface area contributed by atoms with Crippen LogP contribution in [0.25, 0.3) is 0 Å². The number of ether oxygens (including phenoxy) is 2.